The molecule has 6 heteroatoms. The van der Waals surface area contributed by atoms with E-state index < -0.39 is 0 Å². The number of fused-ring (bicyclic) bond motifs is 15. The van der Waals surface area contributed by atoms with E-state index in [1.54, 1.807) is 66.8 Å². The van der Waals surface area contributed by atoms with E-state index in [0.29, 0.717) is 0 Å². The second-order valence-corrected chi connectivity index (χ2v) is 24.8. The largest absolute Gasteiger partial charge is 0.120 e. The molecule has 0 spiro atoms. The van der Waals surface area contributed by atoms with E-state index in [0.717, 1.165) is 34.5 Å². The van der Waals surface area contributed by atoms with Gasteiger partial charge in [0.05, 0.1) is 0 Å². The fourth-order valence-electron chi connectivity index (χ4n) is 13.8. The molecule has 0 saturated carbocycles. The predicted molar refractivity (Wildman–Crippen MR) is 271 cm³/mol. The van der Waals surface area contributed by atoms with Gasteiger partial charge in [-0.1, -0.05) is 120 Å². The first kappa shape index (κ1) is 40.9. The van der Waals surface area contributed by atoms with Gasteiger partial charge in [0, 0.05) is 85.5 Å². The molecule has 0 nitrogen and oxygen atoms in total. The molecule has 3 aliphatic carbocycles. The Balaban J connectivity index is 1.17. The van der Waals surface area contributed by atoms with E-state index in [2.05, 4.69) is 207 Å². The molecule has 6 aliphatic rings. The third-order valence-corrected chi connectivity index (χ3v) is 23.2. The van der Waals surface area contributed by atoms with Gasteiger partial charge in [-0.25, -0.2) is 0 Å². The number of rotatable bonds is 6. The standard InChI is InChI=1S/C56H54S6/c1-5-20-54-41-23-35-29-57-47-14-8-10-16-49(47)59-31-37(35)25-43(41)55(21-6-2)45-27-39-33-61-51-18-12-13-19-52(51)62-34-40(39)28-46(45)56(22-7-3,53(54,55)4)44-26-38-32-60-50-17-11-9-15-48(50)58-30-36(38)24-42(44)54/h8-19,23-28H,5-7,20-22,29-34H2,1-4H3. The quantitative estimate of drug-likeness (QED) is 0.162. The van der Waals surface area contributed by atoms with Crippen molar-refractivity contribution >= 4 is 70.6 Å². The highest BCUT2D eigenvalue weighted by Crippen LogP contribution is 2.85. The Kier molecular flexibility index (Phi) is 10.2. The summed E-state index contributed by atoms with van der Waals surface area (Å²) in [4.78, 5) is 8.62. The summed E-state index contributed by atoms with van der Waals surface area (Å²) < 4.78 is 0. The molecule has 6 aromatic rings. The molecule has 0 atom stereocenters. The van der Waals surface area contributed by atoms with Crippen LogP contribution in [0.4, 0.5) is 0 Å². The van der Waals surface area contributed by atoms with Crippen molar-refractivity contribution in [1.29, 1.82) is 0 Å². The van der Waals surface area contributed by atoms with Gasteiger partial charge in [-0.3, -0.25) is 0 Å². The van der Waals surface area contributed by atoms with Gasteiger partial charge < -0.3 is 0 Å². The third-order valence-electron chi connectivity index (χ3n) is 16.1. The lowest BCUT2D eigenvalue weighted by atomic mass is 9.48. The first-order chi connectivity index (χ1) is 30.4. The SMILES string of the molecule is CCCC12c3cc4c(cc3C3(CCC)c5cc6c(cc5C(CCC)(c5cc7c(cc51)CSc1ccccc1SC7)C23C)CSc1ccccc1SC6)CSc1ccccc1SC4. The maximum absolute atomic E-state index is 2.87. The van der Waals surface area contributed by atoms with E-state index in [9.17, 15) is 0 Å². The Morgan fingerprint density at radius 2 is 0.532 bits per heavy atom. The molecule has 0 amide bonds. The molecule has 0 unspecified atom stereocenters. The highest BCUT2D eigenvalue weighted by Gasteiger charge is 2.82. The maximum Gasteiger partial charge on any atom is 0.0286 e. The topological polar surface area (TPSA) is 0 Å². The van der Waals surface area contributed by atoms with Crippen molar-refractivity contribution in [1.82, 2.24) is 0 Å². The second kappa shape index (κ2) is 15.5. The first-order valence-electron chi connectivity index (χ1n) is 23.0. The Morgan fingerprint density at radius 1 is 0.339 bits per heavy atom. The Bertz CT molecular complexity index is 2340. The normalized spacial score (nSPS) is 25.9. The van der Waals surface area contributed by atoms with Gasteiger partial charge in [0.15, 0.2) is 0 Å². The summed E-state index contributed by atoms with van der Waals surface area (Å²) in [6, 6.07) is 44.4. The average molecular weight is 919 g/mol. The molecule has 3 aliphatic heterocycles. The smallest absolute Gasteiger partial charge is 0.0286 e. The molecule has 6 aromatic carbocycles. The van der Waals surface area contributed by atoms with Crippen molar-refractivity contribution in [3.8, 4) is 0 Å². The summed E-state index contributed by atoms with van der Waals surface area (Å²) in [6.45, 7) is 10.3. The molecule has 314 valence electrons. The van der Waals surface area contributed by atoms with Crippen molar-refractivity contribution in [3.05, 3.63) is 176 Å². The number of hydrogen-bond acceptors (Lipinski definition) is 6. The van der Waals surface area contributed by atoms with Crippen molar-refractivity contribution in [3.63, 3.8) is 0 Å². The Morgan fingerprint density at radius 3 is 0.710 bits per heavy atom. The van der Waals surface area contributed by atoms with Gasteiger partial charge in [-0.15, -0.1) is 70.6 Å². The minimum absolute atomic E-state index is 0.0694. The van der Waals surface area contributed by atoms with Gasteiger partial charge in [-0.2, -0.15) is 0 Å². The number of hydrogen-bond donors (Lipinski definition) is 0. The highest BCUT2D eigenvalue weighted by molar-refractivity contribution is 8.02. The molecule has 62 heavy (non-hydrogen) atoms. The summed E-state index contributed by atoms with van der Waals surface area (Å²) in [5.41, 5.74) is 19.1. The molecule has 0 N–H and O–H groups in total. The second-order valence-electron chi connectivity index (χ2n) is 18.7. The van der Waals surface area contributed by atoms with Crippen molar-refractivity contribution in [2.45, 2.75) is 146 Å². The van der Waals surface area contributed by atoms with Crippen LogP contribution in [0.25, 0.3) is 0 Å². The molecular formula is C56H54S6. The molecule has 0 fully saturated rings. The maximum atomic E-state index is 2.87. The average Bonchev–Trinajstić information content (AvgIpc) is 3.66. The van der Waals surface area contributed by atoms with Crippen LogP contribution >= 0.6 is 70.6 Å². The fraction of sp³-hybridized carbons (Fsp3) is 0.357. The fourth-order valence-corrected chi connectivity index (χ4v) is 20.7. The van der Waals surface area contributed by atoms with Crippen molar-refractivity contribution < 1.29 is 0 Å². The number of thioether (sulfide) groups is 6. The van der Waals surface area contributed by atoms with Crippen LogP contribution in [0.15, 0.2) is 139 Å². The molecule has 3 heterocycles. The minimum atomic E-state index is -0.107. The van der Waals surface area contributed by atoms with Gasteiger partial charge in [0.1, 0.15) is 0 Å². The predicted octanol–water partition coefficient (Wildman–Crippen LogP) is 17.0. The molecule has 12 rings (SSSR count). The van der Waals surface area contributed by atoms with E-state index in [1.165, 1.54) is 67.9 Å². The summed E-state index contributed by atoms with van der Waals surface area (Å²) in [6.07, 6.45) is 7.05. The van der Waals surface area contributed by atoms with E-state index in [1.807, 2.05) is 0 Å². The molecule has 0 aromatic heterocycles. The third kappa shape index (κ3) is 5.43. The van der Waals surface area contributed by atoms with Crippen LogP contribution in [0.3, 0.4) is 0 Å². The molecule has 0 radical (unpaired) electrons. The van der Waals surface area contributed by atoms with Gasteiger partial charge in [0.2, 0.25) is 0 Å². The van der Waals surface area contributed by atoms with Gasteiger partial charge in [-0.05, 0) is 122 Å². The van der Waals surface area contributed by atoms with E-state index in [4.69, 9.17) is 0 Å². The Hall–Kier alpha value is -2.58. The zero-order valence-electron chi connectivity index (χ0n) is 36.3. The Labute approximate surface area is 395 Å². The lowest BCUT2D eigenvalue weighted by molar-refractivity contribution is 0.0540. The van der Waals surface area contributed by atoms with Crippen LogP contribution in [0.5, 0.6) is 0 Å². The summed E-state index contributed by atoms with van der Waals surface area (Å²) in [7, 11) is 0. The minimum Gasteiger partial charge on any atom is -0.120 e. The summed E-state index contributed by atoms with van der Waals surface area (Å²) in [5.74, 6) is 6.20. The molecule has 0 saturated heterocycles. The summed E-state index contributed by atoms with van der Waals surface area (Å²) in [5, 5.41) is 0. The first-order valence-corrected chi connectivity index (χ1v) is 28.9. The van der Waals surface area contributed by atoms with Gasteiger partial charge in [0.25, 0.3) is 0 Å². The van der Waals surface area contributed by atoms with E-state index in [-0.39, 0.29) is 21.7 Å². The molecular weight excluding hydrogens is 865 g/mol. The van der Waals surface area contributed by atoms with Crippen LogP contribution in [-0.2, 0) is 50.8 Å². The molecule has 0 bridgehead atoms. The van der Waals surface area contributed by atoms with Crippen LogP contribution in [0.2, 0.25) is 0 Å². The van der Waals surface area contributed by atoms with Crippen LogP contribution < -0.4 is 0 Å². The van der Waals surface area contributed by atoms with Crippen molar-refractivity contribution in [2.75, 3.05) is 0 Å². The lowest BCUT2D eigenvalue weighted by Gasteiger charge is -2.53. The lowest BCUT2D eigenvalue weighted by Crippen LogP contribution is -2.54. The number of benzene rings is 6. The van der Waals surface area contributed by atoms with Crippen LogP contribution in [0, 0.1) is 5.41 Å². The van der Waals surface area contributed by atoms with Crippen molar-refractivity contribution in [2.24, 2.45) is 5.41 Å². The zero-order valence-corrected chi connectivity index (χ0v) is 41.2. The highest BCUT2D eigenvalue weighted by atomic mass is 32.2. The van der Waals surface area contributed by atoms with Crippen LogP contribution in [-0.4, -0.2) is 0 Å². The van der Waals surface area contributed by atoms with Gasteiger partial charge >= 0.3 is 0 Å². The van der Waals surface area contributed by atoms with E-state index >= 15 is 0 Å². The monoisotopic (exact) mass is 918 g/mol. The summed E-state index contributed by atoms with van der Waals surface area (Å²) >= 11 is 12.3. The zero-order chi connectivity index (χ0) is 41.8. The van der Waals surface area contributed by atoms with Crippen LogP contribution in [0.1, 0.15) is 133 Å².